The molecule has 3 aliphatic rings. The van der Waals surface area contributed by atoms with Gasteiger partial charge in [-0.1, -0.05) is 18.6 Å². The molecular weight excluding hydrogens is 430 g/mol. The molecule has 34 heavy (non-hydrogen) atoms. The maximum atomic E-state index is 13.0. The minimum absolute atomic E-state index is 0.0258. The van der Waals surface area contributed by atoms with Crippen LogP contribution in [0.15, 0.2) is 24.3 Å². The highest BCUT2D eigenvalue weighted by Crippen LogP contribution is 2.38. The zero-order valence-electron chi connectivity index (χ0n) is 20.7. The first-order valence-corrected chi connectivity index (χ1v) is 13.1. The van der Waals surface area contributed by atoms with Crippen LogP contribution in [0.1, 0.15) is 61.7 Å². The predicted molar refractivity (Wildman–Crippen MR) is 132 cm³/mol. The van der Waals surface area contributed by atoms with Gasteiger partial charge < -0.3 is 24.6 Å². The standard InChI is InChI=1S/C27H41N3O4/c1-29-14-8-22(9-15-29)20-25(31)30-16-11-27(12-17-30)10-4-5-18-33-19-13-28-26(32)23-6-2-3-7-24(23)34-21-27/h2-3,6-7,22H,4-5,8-21H2,1H3,(H,28,32). The summed E-state index contributed by atoms with van der Waals surface area (Å²) in [6.45, 7) is 6.11. The molecular formula is C27H41N3O4. The molecule has 3 aliphatic heterocycles. The summed E-state index contributed by atoms with van der Waals surface area (Å²) in [7, 11) is 2.16. The molecule has 1 aromatic carbocycles. The molecule has 1 N–H and O–H groups in total. The van der Waals surface area contributed by atoms with Gasteiger partial charge in [-0.25, -0.2) is 0 Å². The van der Waals surface area contributed by atoms with Gasteiger partial charge in [0.05, 0.1) is 18.8 Å². The topological polar surface area (TPSA) is 71.1 Å². The highest BCUT2D eigenvalue weighted by molar-refractivity contribution is 5.96. The molecule has 0 aromatic heterocycles. The molecule has 0 atom stereocenters. The smallest absolute Gasteiger partial charge is 0.255 e. The van der Waals surface area contributed by atoms with E-state index in [4.69, 9.17) is 9.47 Å². The number of benzene rings is 1. The third-order valence-corrected chi connectivity index (χ3v) is 7.92. The van der Waals surface area contributed by atoms with Crippen LogP contribution in [0.4, 0.5) is 0 Å². The van der Waals surface area contributed by atoms with Crippen molar-refractivity contribution in [3.05, 3.63) is 29.8 Å². The van der Waals surface area contributed by atoms with Gasteiger partial charge in [0.1, 0.15) is 5.75 Å². The van der Waals surface area contributed by atoms with Gasteiger partial charge in [0.25, 0.3) is 5.91 Å². The summed E-state index contributed by atoms with van der Waals surface area (Å²) in [5, 5.41) is 2.93. The number of rotatable bonds is 2. The van der Waals surface area contributed by atoms with Crippen molar-refractivity contribution in [3.8, 4) is 5.75 Å². The van der Waals surface area contributed by atoms with Gasteiger partial charge in [-0.05, 0) is 76.7 Å². The minimum atomic E-state index is -0.125. The average Bonchev–Trinajstić information content (AvgIpc) is 2.86. The lowest BCUT2D eigenvalue weighted by molar-refractivity contribution is -0.135. The fraction of sp³-hybridized carbons (Fsp3) is 0.704. The van der Waals surface area contributed by atoms with Gasteiger partial charge in [-0.15, -0.1) is 0 Å². The summed E-state index contributed by atoms with van der Waals surface area (Å²) in [6.07, 6.45) is 7.99. The molecule has 0 bridgehead atoms. The van der Waals surface area contributed by atoms with E-state index in [0.717, 1.165) is 71.1 Å². The molecule has 3 heterocycles. The number of carbonyl (C=O) groups excluding carboxylic acids is 2. The number of likely N-dealkylation sites (tertiary alicyclic amines) is 2. The molecule has 2 amide bonds. The lowest BCUT2D eigenvalue weighted by Crippen LogP contribution is -2.46. The highest BCUT2D eigenvalue weighted by atomic mass is 16.5. The van der Waals surface area contributed by atoms with Crippen molar-refractivity contribution in [3.63, 3.8) is 0 Å². The van der Waals surface area contributed by atoms with Crippen LogP contribution in [0.5, 0.6) is 5.75 Å². The van der Waals surface area contributed by atoms with E-state index < -0.39 is 0 Å². The van der Waals surface area contributed by atoms with Crippen LogP contribution in [-0.4, -0.2) is 81.2 Å². The van der Waals surface area contributed by atoms with Crippen LogP contribution in [0.25, 0.3) is 0 Å². The normalized spacial score (nSPS) is 23.4. The zero-order chi connectivity index (χ0) is 23.8. The van der Waals surface area contributed by atoms with Gasteiger partial charge in [0.2, 0.25) is 5.91 Å². The second-order valence-electron chi connectivity index (χ2n) is 10.4. The van der Waals surface area contributed by atoms with Crippen molar-refractivity contribution in [2.24, 2.45) is 11.3 Å². The van der Waals surface area contributed by atoms with Crippen LogP contribution in [-0.2, 0) is 9.53 Å². The molecule has 2 fully saturated rings. The predicted octanol–water partition coefficient (Wildman–Crippen LogP) is 3.34. The Labute approximate surface area is 204 Å². The van der Waals surface area contributed by atoms with Crippen molar-refractivity contribution in [2.45, 2.75) is 51.4 Å². The fourth-order valence-corrected chi connectivity index (χ4v) is 5.49. The number of amides is 2. The minimum Gasteiger partial charge on any atom is -0.492 e. The van der Waals surface area contributed by atoms with Gasteiger partial charge in [-0.2, -0.15) is 0 Å². The van der Waals surface area contributed by atoms with Crippen molar-refractivity contribution in [1.82, 2.24) is 15.1 Å². The van der Waals surface area contributed by atoms with Crippen LogP contribution < -0.4 is 10.1 Å². The molecule has 0 radical (unpaired) electrons. The Balaban J connectivity index is 1.38. The quantitative estimate of drug-likeness (QED) is 0.716. The Morgan fingerprint density at radius 2 is 1.82 bits per heavy atom. The van der Waals surface area contributed by atoms with E-state index in [-0.39, 0.29) is 11.3 Å². The lowest BCUT2D eigenvalue weighted by atomic mass is 9.75. The monoisotopic (exact) mass is 471 g/mol. The molecule has 7 heteroatoms. The van der Waals surface area contributed by atoms with Gasteiger partial charge in [0, 0.05) is 38.1 Å². The molecule has 0 unspecified atom stereocenters. The molecule has 1 spiro atoms. The van der Waals surface area contributed by atoms with Crippen molar-refractivity contribution in [1.29, 1.82) is 0 Å². The summed E-state index contributed by atoms with van der Waals surface area (Å²) >= 11 is 0. The molecule has 7 nitrogen and oxygen atoms in total. The fourth-order valence-electron chi connectivity index (χ4n) is 5.49. The first kappa shape index (κ1) is 25.0. The maximum Gasteiger partial charge on any atom is 0.255 e. The van der Waals surface area contributed by atoms with E-state index in [2.05, 4.69) is 22.2 Å². The number of hydrogen-bond donors (Lipinski definition) is 1. The Bertz CT molecular complexity index is 814. The van der Waals surface area contributed by atoms with Crippen LogP contribution >= 0.6 is 0 Å². The second kappa shape index (κ2) is 12.0. The number of nitrogens with zero attached hydrogens (tertiary/aromatic N) is 2. The third-order valence-electron chi connectivity index (χ3n) is 7.92. The Hall–Kier alpha value is -2.12. The molecule has 2 saturated heterocycles. The van der Waals surface area contributed by atoms with E-state index >= 15 is 0 Å². The van der Waals surface area contributed by atoms with Crippen molar-refractivity contribution in [2.75, 3.05) is 59.6 Å². The summed E-state index contributed by atoms with van der Waals surface area (Å²) in [4.78, 5) is 30.1. The van der Waals surface area contributed by atoms with E-state index in [1.54, 1.807) is 0 Å². The van der Waals surface area contributed by atoms with E-state index in [1.807, 2.05) is 24.3 Å². The van der Waals surface area contributed by atoms with Crippen LogP contribution in [0, 0.1) is 11.3 Å². The zero-order valence-corrected chi connectivity index (χ0v) is 20.7. The molecule has 0 saturated carbocycles. The molecule has 4 rings (SSSR count). The summed E-state index contributed by atoms with van der Waals surface area (Å²) < 4.78 is 12.0. The molecule has 1 aromatic rings. The second-order valence-corrected chi connectivity index (χ2v) is 10.4. The Kier molecular flexibility index (Phi) is 8.84. The maximum absolute atomic E-state index is 13.0. The number of para-hydroxylation sites is 1. The largest absolute Gasteiger partial charge is 0.492 e. The van der Waals surface area contributed by atoms with E-state index in [1.165, 1.54) is 0 Å². The summed E-state index contributed by atoms with van der Waals surface area (Å²) in [5.41, 5.74) is 0.596. The first-order valence-electron chi connectivity index (χ1n) is 13.1. The van der Waals surface area contributed by atoms with E-state index in [9.17, 15) is 9.59 Å². The van der Waals surface area contributed by atoms with Crippen LogP contribution in [0.3, 0.4) is 0 Å². The average molecular weight is 472 g/mol. The lowest BCUT2D eigenvalue weighted by Gasteiger charge is -2.42. The Morgan fingerprint density at radius 3 is 2.62 bits per heavy atom. The van der Waals surface area contributed by atoms with Gasteiger partial charge in [0.15, 0.2) is 0 Å². The SMILES string of the molecule is CN1CCC(CC(=O)N2CCC3(CCCCOCCNC(=O)c4ccccc4OC3)CC2)CC1. The number of carbonyl (C=O) groups is 2. The number of nitrogens with one attached hydrogen (secondary N) is 1. The highest BCUT2D eigenvalue weighted by Gasteiger charge is 2.37. The van der Waals surface area contributed by atoms with Crippen molar-refractivity contribution >= 4 is 11.8 Å². The summed E-state index contributed by atoms with van der Waals surface area (Å²) in [5.74, 6) is 1.36. The van der Waals surface area contributed by atoms with Crippen molar-refractivity contribution < 1.29 is 19.1 Å². The van der Waals surface area contributed by atoms with Gasteiger partial charge in [-0.3, -0.25) is 9.59 Å². The number of ether oxygens (including phenoxy) is 2. The third kappa shape index (κ3) is 6.72. The first-order chi connectivity index (χ1) is 16.5. The van der Waals surface area contributed by atoms with Crippen LogP contribution in [0.2, 0.25) is 0 Å². The Morgan fingerprint density at radius 1 is 1.06 bits per heavy atom. The molecule has 188 valence electrons. The number of fused-ring (bicyclic) bond motifs is 1. The molecule has 0 aliphatic carbocycles. The number of piperidine rings is 2. The van der Waals surface area contributed by atoms with E-state index in [0.29, 0.717) is 55.9 Å². The van der Waals surface area contributed by atoms with Gasteiger partial charge >= 0.3 is 0 Å². The number of hydrogen-bond acceptors (Lipinski definition) is 5. The summed E-state index contributed by atoms with van der Waals surface area (Å²) in [6, 6.07) is 7.47.